The molecule has 1 amide bonds. The van der Waals surface area contributed by atoms with Crippen LogP contribution >= 0.6 is 11.8 Å². The van der Waals surface area contributed by atoms with Crippen molar-refractivity contribution in [1.82, 2.24) is 0 Å². The summed E-state index contributed by atoms with van der Waals surface area (Å²) in [5.41, 5.74) is 0.926. The molecule has 4 aliphatic rings. The van der Waals surface area contributed by atoms with Crippen LogP contribution in [-0.2, 0) is 14.3 Å². The van der Waals surface area contributed by atoms with Crippen LogP contribution in [0.15, 0.2) is 29.2 Å². The number of benzene rings is 1. The van der Waals surface area contributed by atoms with E-state index in [1.54, 1.807) is 11.8 Å². The summed E-state index contributed by atoms with van der Waals surface area (Å²) in [6, 6.07) is 7.64. The van der Waals surface area contributed by atoms with Crippen molar-refractivity contribution in [2.24, 2.45) is 23.2 Å². The number of rotatable bonds is 6. The van der Waals surface area contributed by atoms with Gasteiger partial charge in [-0.2, -0.15) is 0 Å². The Kier molecular flexibility index (Phi) is 5.00. The van der Waals surface area contributed by atoms with Gasteiger partial charge in [0.2, 0.25) is 0 Å². The summed E-state index contributed by atoms with van der Waals surface area (Å²) in [5, 5.41) is 2.84. The molecule has 26 heavy (non-hydrogen) atoms. The van der Waals surface area contributed by atoms with Crippen molar-refractivity contribution in [2.45, 2.75) is 49.8 Å². The maximum atomic E-state index is 12.4. The van der Waals surface area contributed by atoms with Crippen LogP contribution in [0.4, 0.5) is 5.69 Å². The molecule has 4 aliphatic carbocycles. The van der Waals surface area contributed by atoms with Gasteiger partial charge in [0.25, 0.3) is 5.91 Å². The average Bonchev–Trinajstić information content (AvgIpc) is 2.59. The molecule has 140 valence electrons. The number of hydrogen-bond donors (Lipinski definition) is 1. The molecule has 4 saturated carbocycles. The van der Waals surface area contributed by atoms with E-state index in [4.69, 9.17) is 4.74 Å². The topological polar surface area (TPSA) is 55.4 Å². The minimum atomic E-state index is -0.273. The number of carbonyl (C=O) groups excluding carboxylic acids is 2. The lowest BCUT2D eigenvalue weighted by Crippen LogP contribution is -2.47. The molecule has 5 rings (SSSR count). The first-order valence-electron chi connectivity index (χ1n) is 9.64. The zero-order valence-electron chi connectivity index (χ0n) is 15.3. The Hall–Kier alpha value is -1.49. The predicted molar refractivity (Wildman–Crippen MR) is 103 cm³/mol. The third-order valence-corrected chi connectivity index (χ3v) is 7.23. The van der Waals surface area contributed by atoms with Gasteiger partial charge in [0.15, 0.2) is 6.61 Å². The van der Waals surface area contributed by atoms with Crippen LogP contribution in [0.2, 0.25) is 0 Å². The van der Waals surface area contributed by atoms with E-state index in [0.29, 0.717) is 6.42 Å². The standard InChI is InChI=1S/C21H27NO3S/c1-26-18-5-3-2-4-17(18)22-19(23)13-25-20(24)12-21-9-14-6-15(10-21)8-16(7-14)11-21/h2-5,14-16H,6-13H2,1H3,(H,22,23). The van der Waals surface area contributed by atoms with Gasteiger partial charge in [0.1, 0.15) is 0 Å². The first-order valence-corrected chi connectivity index (χ1v) is 10.9. The Morgan fingerprint density at radius 1 is 1.12 bits per heavy atom. The second kappa shape index (κ2) is 7.26. The van der Waals surface area contributed by atoms with Crippen LogP contribution in [-0.4, -0.2) is 24.7 Å². The maximum Gasteiger partial charge on any atom is 0.306 e. The maximum absolute atomic E-state index is 12.4. The van der Waals surface area contributed by atoms with Gasteiger partial charge in [-0.3, -0.25) is 9.59 Å². The average molecular weight is 374 g/mol. The fraction of sp³-hybridized carbons (Fsp3) is 0.619. The minimum Gasteiger partial charge on any atom is -0.456 e. The van der Waals surface area contributed by atoms with Gasteiger partial charge in [-0.1, -0.05) is 12.1 Å². The van der Waals surface area contributed by atoms with E-state index < -0.39 is 0 Å². The number of amides is 1. The Balaban J connectivity index is 1.28. The first-order chi connectivity index (χ1) is 12.5. The molecule has 1 aromatic rings. The molecule has 0 unspecified atom stereocenters. The number of thioether (sulfide) groups is 1. The molecule has 1 N–H and O–H groups in total. The van der Waals surface area contributed by atoms with Crippen molar-refractivity contribution in [2.75, 3.05) is 18.2 Å². The van der Waals surface area contributed by atoms with Gasteiger partial charge in [-0.25, -0.2) is 0 Å². The van der Waals surface area contributed by atoms with E-state index >= 15 is 0 Å². The van der Waals surface area contributed by atoms with Crippen LogP contribution in [0.3, 0.4) is 0 Å². The highest BCUT2D eigenvalue weighted by molar-refractivity contribution is 7.98. The second-order valence-corrected chi connectivity index (χ2v) is 9.35. The van der Waals surface area contributed by atoms with Gasteiger partial charge in [-0.05, 0) is 80.1 Å². The summed E-state index contributed by atoms with van der Waals surface area (Å²) in [6.07, 6.45) is 10.1. The second-order valence-electron chi connectivity index (χ2n) is 8.50. The fourth-order valence-electron chi connectivity index (χ4n) is 5.94. The Labute approximate surface area is 159 Å². The minimum absolute atomic E-state index is 0.160. The summed E-state index contributed by atoms with van der Waals surface area (Å²) >= 11 is 1.58. The van der Waals surface area contributed by atoms with Crippen molar-refractivity contribution in [3.05, 3.63) is 24.3 Å². The van der Waals surface area contributed by atoms with E-state index in [1.165, 1.54) is 38.5 Å². The summed E-state index contributed by atoms with van der Waals surface area (Å²) in [7, 11) is 0. The van der Waals surface area contributed by atoms with Crippen LogP contribution < -0.4 is 5.32 Å². The number of anilines is 1. The summed E-state index contributed by atoms with van der Waals surface area (Å²) in [5.74, 6) is 1.98. The summed E-state index contributed by atoms with van der Waals surface area (Å²) in [4.78, 5) is 25.6. The van der Waals surface area contributed by atoms with Gasteiger partial charge < -0.3 is 10.1 Å². The predicted octanol–water partition coefficient (Wildman–Crippen LogP) is 4.50. The highest BCUT2D eigenvalue weighted by Gasteiger charge is 2.51. The lowest BCUT2D eigenvalue weighted by molar-refractivity contribution is -0.154. The molecule has 4 nitrogen and oxygen atoms in total. The summed E-state index contributed by atoms with van der Waals surface area (Å²) in [6.45, 7) is -0.200. The van der Waals surface area contributed by atoms with Gasteiger partial charge >= 0.3 is 5.97 Å². The smallest absolute Gasteiger partial charge is 0.306 e. The van der Waals surface area contributed by atoms with Gasteiger partial charge in [0, 0.05) is 4.90 Å². The largest absolute Gasteiger partial charge is 0.456 e. The van der Waals surface area contributed by atoms with E-state index in [9.17, 15) is 9.59 Å². The van der Waals surface area contributed by atoms with Crippen molar-refractivity contribution >= 4 is 29.3 Å². The van der Waals surface area contributed by atoms with Gasteiger partial charge in [0.05, 0.1) is 12.1 Å². The van der Waals surface area contributed by atoms with E-state index in [2.05, 4.69) is 5.32 Å². The Bertz CT molecular complexity index is 667. The van der Waals surface area contributed by atoms with Crippen LogP contribution in [0.25, 0.3) is 0 Å². The molecule has 0 aliphatic heterocycles. The van der Waals surface area contributed by atoms with Crippen molar-refractivity contribution in [1.29, 1.82) is 0 Å². The lowest BCUT2D eigenvalue weighted by Gasteiger charge is -2.56. The van der Waals surface area contributed by atoms with Crippen LogP contribution in [0.5, 0.6) is 0 Å². The molecule has 0 aromatic heterocycles. The third kappa shape index (κ3) is 3.78. The molecule has 0 radical (unpaired) electrons. The van der Waals surface area contributed by atoms with E-state index in [-0.39, 0.29) is 23.9 Å². The van der Waals surface area contributed by atoms with Crippen LogP contribution in [0.1, 0.15) is 44.9 Å². The molecule has 0 atom stereocenters. The molecular formula is C21H27NO3S. The highest BCUT2D eigenvalue weighted by atomic mass is 32.2. The number of esters is 1. The summed E-state index contributed by atoms with van der Waals surface area (Å²) < 4.78 is 5.33. The number of carbonyl (C=O) groups is 2. The van der Waals surface area contributed by atoms with Gasteiger partial charge in [-0.15, -0.1) is 11.8 Å². The molecule has 0 saturated heterocycles. The Morgan fingerprint density at radius 3 is 2.35 bits per heavy atom. The molecule has 0 heterocycles. The zero-order chi connectivity index (χ0) is 18.1. The first kappa shape index (κ1) is 17.9. The highest BCUT2D eigenvalue weighted by Crippen LogP contribution is 2.61. The van der Waals surface area contributed by atoms with Crippen molar-refractivity contribution in [3.63, 3.8) is 0 Å². The fourth-order valence-corrected chi connectivity index (χ4v) is 6.50. The molecule has 4 fully saturated rings. The van der Waals surface area contributed by atoms with Crippen molar-refractivity contribution in [3.8, 4) is 0 Å². The quantitative estimate of drug-likeness (QED) is 0.589. The van der Waals surface area contributed by atoms with E-state index in [1.807, 2.05) is 30.5 Å². The number of nitrogens with one attached hydrogen (secondary N) is 1. The molecule has 0 spiro atoms. The number of ether oxygens (including phenoxy) is 1. The monoisotopic (exact) mass is 373 g/mol. The molecular weight excluding hydrogens is 346 g/mol. The lowest BCUT2D eigenvalue weighted by atomic mass is 9.49. The van der Waals surface area contributed by atoms with E-state index in [0.717, 1.165) is 28.3 Å². The van der Waals surface area contributed by atoms with Crippen LogP contribution in [0, 0.1) is 23.2 Å². The normalized spacial score (nSPS) is 31.7. The SMILES string of the molecule is CSc1ccccc1NC(=O)COC(=O)CC12CC3CC(CC(C3)C1)C2. The molecule has 1 aromatic carbocycles. The molecule has 5 heteroatoms. The number of hydrogen-bond acceptors (Lipinski definition) is 4. The third-order valence-electron chi connectivity index (χ3n) is 6.43. The van der Waals surface area contributed by atoms with Crippen molar-refractivity contribution < 1.29 is 14.3 Å². The molecule has 4 bridgehead atoms. The Morgan fingerprint density at radius 2 is 1.73 bits per heavy atom. The number of para-hydroxylation sites is 1. The zero-order valence-corrected chi connectivity index (χ0v) is 16.1.